The molecule has 0 bridgehead atoms. The Hall–Kier alpha value is -1.84. The van der Waals surface area contributed by atoms with E-state index in [1.807, 2.05) is 40.1 Å². The second-order valence-electron chi connectivity index (χ2n) is 8.05. The highest BCUT2D eigenvalue weighted by Gasteiger charge is 2.22. The van der Waals surface area contributed by atoms with Gasteiger partial charge in [0.2, 0.25) is 0 Å². The largest absolute Gasteiger partial charge is 0.494 e. The molecule has 1 aromatic rings. The van der Waals surface area contributed by atoms with Crippen LogP contribution in [0.1, 0.15) is 84.5 Å². The van der Waals surface area contributed by atoms with E-state index in [2.05, 4.69) is 17.0 Å². The topological polar surface area (TPSA) is 46.6 Å². The van der Waals surface area contributed by atoms with E-state index in [9.17, 15) is 9.59 Å². The molecule has 0 saturated heterocycles. The summed E-state index contributed by atoms with van der Waals surface area (Å²) in [5.41, 5.74) is 1.16. The monoisotopic (exact) mass is 403 g/mol. The molecule has 4 heteroatoms. The van der Waals surface area contributed by atoms with E-state index in [4.69, 9.17) is 4.74 Å². The summed E-state index contributed by atoms with van der Waals surface area (Å²) in [7, 11) is 4.07. The van der Waals surface area contributed by atoms with Crippen molar-refractivity contribution >= 4 is 17.3 Å². The molecule has 164 valence electrons. The Balaban J connectivity index is 2.02. The number of hydrogen-bond acceptors (Lipinski definition) is 4. The van der Waals surface area contributed by atoms with Crippen LogP contribution in [-0.2, 0) is 9.59 Å². The number of anilines is 1. The first kappa shape index (κ1) is 25.2. The highest BCUT2D eigenvalue weighted by molar-refractivity contribution is 6.02. The molecule has 0 amide bonds. The molecule has 0 aromatic heterocycles. The Bertz CT molecular complexity index is 581. The maximum atomic E-state index is 11.9. The molecule has 0 aliphatic carbocycles. The highest BCUT2D eigenvalue weighted by Crippen LogP contribution is 2.20. The molecule has 0 aliphatic heterocycles. The van der Waals surface area contributed by atoms with E-state index >= 15 is 0 Å². The second-order valence-corrected chi connectivity index (χ2v) is 8.05. The van der Waals surface area contributed by atoms with Crippen molar-refractivity contribution in [3.8, 4) is 5.75 Å². The molecule has 0 spiro atoms. The summed E-state index contributed by atoms with van der Waals surface area (Å²) < 4.78 is 5.85. The summed E-state index contributed by atoms with van der Waals surface area (Å²) in [5, 5.41) is 0. The van der Waals surface area contributed by atoms with Crippen LogP contribution in [0.3, 0.4) is 0 Å². The molecule has 1 aromatic carbocycles. The van der Waals surface area contributed by atoms with Crippen molar-refractivity contribution < 1.29 is 14.3 Å². The van der Waals surface area contributed by atoms with Crippen molar-refractivity contribution in [2.24, 2.45) is 5.92 Å². The Morgan fingerprint density at radius 2 is 1.41 bits per heavy atom. The first-order chi connectivity index (χ1) is 14.0. The molecule has 4 nitrogen and oxygen atoms in total. The molecule has 0 saturated carbocycles. The summed E-state index contributed by atoms with van der Waals surface area (Å²) >= 11 is 0. The van der Waals surface area contributed by atoms with Crippen LogP contribution in [0.5, 0.6) is 5.75 Å². The molecule has 29 heavy (non-hydrogen) atoms. The Morgan fingerprint density at radius 3 is 1.97 bits per heavy atom. The number of rotatable bonds is 17. The Labute approximate surface area is 178 Å². The van der Waals surface area contributed by atoms with Crippen molar-refractivity contribution in [2.45, 2.75) is 84.5 Å². The van der Waals surface area contributed by atoms with Gasteiger partial charge in [0.15, 0.2) is 0 Å². The number of unbranched alkanes of at least 4 members (excludes halogenated alkanes) is 7. The van der Waals surface area contributed by atoms with E-state index in [1.54, 1.807) is 0 Å². The van der Waals surface area contributed by atoms with Gasteiger partial charge in [-0.05, 0) is 25.0 Å². The number of nitrogens with zero attached hydrogens (tertiary/aromatic N) is 1. The second kappa shape index (κ2) is 15.1. The summed E-state index contributed by atoms with van der Waals surface area (Å²) in [6, 6.07) is 8.20. The zero-order valence-corrected chi connectivity index (χ0v) is 19.0. The summed E-state index contributed by atoms with van der Waals surface area (Å²) in [6.07, 6.45) is 11.0. The van der Waals surface area contributed by atoms with Crippen LogP contribution in [-0.4, -0.2) is 32.3 Å². The number of hydrogen-bond donors (Lipinski definition) is 0. The van der Waals surface area contributed by atoms with Crippen LogP contribution in [0.15, 0.2) is 24.3 Å². The van der Waals surface area contributed by atoms with Crippen LogP contribution < -0.4 is 9.64 Å². The predicted octanol–water partition coefficient (Wildman–Crippen LogP) is 6.22. The van der Waals surface area contributed by atoms with Crippen LogP contribution in [0.2, 0.25) is 0 Å². The molecule has 0 aliphatic rings. The lowest BCUT2D eigenvalue weighted by Crippen LogP contribution is -2.22. The van der Waals surface area contributed by atoms with Gasteiger partial charge in [-0.25, -0.2) is 0 Å². The van der Waals surface area contributed by atoms with Gasteiger partial charge in [-0.2, -0.15) is 0 Å². The highest BCUT2D eigenvalue weighted by atomic mass is 16.5. The van der Waals surface area contributed by atoms with E-state index in [0.29, 0.717) is 12.8 Å². The number of carbonyl (C=O) groups excluding carboxylic acids is 2. The third-order valence-electron chi connectivity index (χ3n) is 5.46. The Kier molecular flexibility index (Phi) is 13.1. The van der Waals surface area contributed by atoms with Crippen LogP contribution in [0, 0.1) is 5.92 Å². The van der Waals surface area contributed by atoms with Gasteiger partial charge in [0, 0.05) is 38.7 Å². The molecule has 0 atom stereocenters. The average molecular weight is 404 g/mol. The lowest BCUT2D eigenvalue weighted by atomic mass is 9.90. The third-order valence-corrected chi connectivity index (χ3v) is 5.46. The number of ketones is 2. The summed E-state index contributed by atoms with van der Waals surface area (Å²) in [4.78, 5) is 25.9. The summed E-state index contributed by atoms with van der Waals surface area (Å²) in [6.45, 7) is 4.48. The van der Waals surface area contributed by atoms with Gasteiger partial charge in [-0.1, -0.05) is 64.9 Å². The van der Waals surface area contributed by atoms with E-state index in [0.717, 1.165) is 43.7 Å². The zero-order chi connectivity index (χ0) is 21.5. The molecule has 0 fully saturated rings. The fourth-order valence-electron chi connectivity index (χ4n) is 3.55. The lowest BCUT2D eigenvalue weighted by Gasteiger charge is -2.14. The van der Waals surface area contributed by atoms with Gasteiger partial charge in [0.25, 0.3) is 0 Å². The standard InChI is InChI=1S/C25H41NO3/c1-5-24(27)23(25(28)6-2)18-13-11-9-7-8-10-12-14-19-29-22-17-15-16-21(20-22)26(3)4/h15-17,20,23H,5-14,18-19H2,1-4H3. The quantitative estimate of drug-likeness (QED) is 0.229. The van der Waals surface area contributed by atoms with E-state index < -0.39 is 0 Å². The SMILES string of the molecule is CCC(=O)C(CCCCCCCCCCOc1cccc(N(C)C)c1)C(=O)CC. The maximum absolute atomic E-state index is 11.9. The minimum absolute atomic E-state index is 0.118. The predicted molar refractivity (Wildman–Crippen MR) is 122 cm³/mol. The van der Waals surface area contributed by atoms with Gasteiger partial charge < -0.3 is 9.64 Å². The maximum Gasteiger partial charge on any atom is 0.143 e. The van der Waals surface area contributed by atoms with E-state index in [1.165, 1.54) is 32.1 Å². The molecule has 0 N–H and O–H groups in total. The summed E-state index contributed by atoms with van der Waals surface area (Å²) in [5.74, 6) is 0.834. The van der Waals surface area contributed by atoms with Crippen molar-refractivity contribution in [2.75, 3.05) is 25.6 Å². The first-order valence-electron chi connectivity index (χ1n) is 11.4. The fourth-order valence-corrected chi connectivity index (χ4v) is 3.55. The van der Waals surface area contributed by atoms with Gasteiger partial charge in [-0.15, -0.1) is 0 Å². The fraction of sp³-hybridized carbons (Fsp3) is 0.680. The van der Waals surface area contributed by atoms with Crippen LogP contribution in [0.25, 0.3) is 0 Å². The molecular formula is C25H41NO3. The third kappa shape index (κ3) is 10.5. The van der Waals surface area contributed by atoms with Crippen molar-refractivity contribution in [3.05, 3.63) is 24.3 Å². The molecule has 0 radical (unpaired) electrons. The molecular weight excluding hydrogens is 362 g/mol. The van der Waals surface area contributed by atoms with Gasteiger partial charge in [0.05, 0.1) is 12.5 Å². The average Bonchev–Trinajstić information content (AvgIpc) is 2.73. The number of ether oxygens (including phenoxy) is 1. The zero-order valence-electron chi connectivity index (χ0n) is 19.0. The Morgan fingerprint density at radius 1 is 0.862 bits per heavy atom. The van der Waals surface area contributed by atoms with E-state index in [-0.39, 0.29) is 17.5 Å². The number of carbonyl (C=O) groups is 2. The number of benzene rings is 1. The first-order valence-corrected chi connectivity index (χ1v) is 11.4. The van der Waals surface area contributed by atoms with Gasteiger partial charge in [-0.3, -0.25) is 9.59 Å². The van der Waals surface area contributed by atoms with Crippen molar-refractivity contribution in [3.63, 3.8) is 0 Å². The molecule has 0 heterocycles. The van der Waals surface area contributed by atoms with Crippen molar-refractivity contribution in [1.82, 2.24) is 0 Å². The van der Waals surface area contributed by atoms with Crippen molar-refractivity contribution in [1.29, 1.82) is 0 Å². The van der Waals surface area contributed by atoms with Crippen LogP contribution >= 0.6 is 0 Å². The van der Waals surface area contributed by atoms with Gasteiger partial charge in [0.1, 0.15) is 17.3 Å². The normalized spacial score (nSPS) is 10.9. The lowest BCUT2D eigenvalue weighted by molar-refractivity contribution is -0.132. The molecule has 0 unspecified atom stereocenters. The van der Waals surface area contributed by atoms with Gasteiger partial charge >= 0.3 is 0 Å². The minimum atomic E-state index is -0.344. The molecule has 1 rings (SSSR count). The van der Waals surface area contributed by atoms with Crippen LogP contribution in [0.4, 0.5) is 5.69 Å². The number of Topliss-reactive ketones (excluding diaryl/α,β-unsaturated/α-hetero) is 2. The smallest absolute Gasteiger partial charge is 0.143 e. The minimum Gasteiger partial charge on any atom is -0.494 e.